The van der Waals surface area contributed by atoms with Crippen molar-refractivity contribution in [2.24, 2.45) is 0 Å². The Kier molecular flexibility index (Phi) is 5.46. The van der Waals surface area contributed by atoms with Crippen LogP contribution in [0.2, 0.25) is 0 Å². The highest BCUT2D eigenvalue weighted by Crippen LogP contribution is 2.29. The van der Waals surface area contributed by atoms with Gasteiger partial charge in [0, 0.05) is 12.1 Å². The predicted molar refractivity (Wildman–Crippen MR) is 88.8 cm³/mol. The van der Waals surface area contributed by atoms with Crippen molar-refractivity contribution in [2.75, 3.05) is 6.54 Å². The lowest BCUT2D eigenvalue weighted by Gasteiger charge is -2.31. The maximum Gasteiger partial charge on any atom is 0.416 e. The van der Waals surface area contributed by atoms with Gasteiger partial charge in [0.05, 0.1) is 5.56 Å². The van der Waals surface area contributed by atoms with E-state index in [0.29, 0.717) is 18.5 Å². The van der Waals surface area contributed by atoms with E-state index < -0.39 is 23.4 Å². The molecule has 1 aliphatic heterocycles. The van der Waals surface area contributed by atoms with Crippen molar-refractivity contribution in [3.63, 3.8) is 0 Å². The van der Waals surface area contributed by atoms with Crippen molar-refractivity contribution in [3.8, 4) is 11.8 Å². The van der Waals surface area contributed by atoms with Crippen LogP contribution in [0.5, 0.6) is 0 Å². The lowest BCUT2D eigenvalue weighted by Crippen LogP contribution is -2.44. The summed E-state index contributed by atoms with van der Waals surface area (Å²) in [5.41, 5.74) is -0.857. The highest BCUT2D eigenvalue weighted by atomic mass is 19.4. The molecular weight excluding hydrogens is 331 g/mol. The number of carbonyl (C=O) groups is 1. The first-order chi connectivity index (χ1) is 11.6. The summed E-state index contributed by atoms with van der Waals surface area (Å²) in [6, 6.07) is 4.27. The molecule has 0 radical (unpaired) electrons. The van der Waals surface area contributed by atoms with Gasteiger partial charge in [-0.3, -0.25) is 4.90 Å². The molecule has 6 heteroatoms. The molecule has 0 fully saturated rings. The molecule has 1 aromatic rings. The zero-order valence-corrected chi connectivity index (χ0v) is 14.4. The molecule has 0 saturated heterocycles. The summed E-state index contributed by atoms with van der Waals surface area (Å²) in [5, 5.41) is 0. The molecule has 0 bridgehead atoms. The molecule has 1 unspecified atom stereocenters. The van der Waals surface area contributed by atoms with Crippen molar-refractivity contribution in [3.05, 3.63) is 47.5 Å². The van der Waals surface area contributed by atoms with Gasteiger partial charge < -0.3 is 4.74 Å². The minimum Gasteiger partial charge on any atom is -0.444 e. The number of hydrogen-bond acceptors (Lipinski definition) is 2. The number of carbonyl (C=O) groups excluding carboxylic acids is 1. The van der Waals surface area contributed by atoms with Crippen LogP contribution in [-0.4, -0.2) is 29.2 Å². The first-order valence-electron chi connectivity index (χ1n) is 7.90. The minimum absolute atomic E-state index is 0.373. The molecule has 0 spiro atoms. The van der Waals surface area contributed by atoms with Crippen LogP contribution in [0, 0.1) is 11.8 Å². The van der Waals surface area contributed by atoms with E-state index in [1.165, 1.54) is 17.0 Å². The minimum atomic E-state index is -4.37. The van der Waals surface area contributed by atoms with Crippen molar-refractivity contribution < 1.29 is 22.7 Å². The Bertz CT molecular complexity index is 703. The molecule has 1 heterocycles. The molecule has 1 amide bonds. The van der Waals surface area contributed by atoms with Gasteiger partial charge in [-0.05, 0) is 51.5 Å². The molecule has 2 rings (SSSR count). The second-order valence-corrected chi connectivity index (χ2v) is 6.70. The fraction of sp³-hybridized carbons (Fsp3) is 0.421. The highest BCUT2D eigenvalue weighted by Gasteiger charge is 2.30. The summed E-state index contributed by atoms with van der Waals surface area (Å²) >= 11 is 0. The lowest BCUT2D eigenvalue weighted by molar-refractivity contribution is -0.137. The van der Waals surface area contributed by atoms with Crippen LogP contribution in [0.15, 0.2) is 36.4 Å². The summed E-state index contributed by atoms with van der Waals surface area (Å²) in [7, 11) is 0. The van der Waals surface area contributed by atoms with Gasteiger partial charge in [-0.15, -0.1) is 0 Å². The molecule has 0 aliphatic carbocycles. The van der Waals surface area contributed by atoms with Gasteiger partial charge in [-0.1, -0.05) is 24.0 Å². The number of nitrogens with zero attached hydrogens (tertiary/aromatic N) is 1. The maximum atomic E-state index is 12.6. The van der Waals surface area contributed by atoms with Crippen LogP contribution in [0.1, 0.15) is 38.3 Å². The van der Waals surface area contributed by atoms with Crippen molar-refractivity contribution >= 4 is 6.09 Å². The Hall–Kier alpha value is -2.42. The molecule has 0 saturated carbocycles. The standard InChI is InChI=1S/C19H20F3NO2/c1-18(2,3)25-17(24)23-13-5-4-6-16(23)12-9-14-7-10-15(11-8-14)19(20,21)22/h4-5,7-8,10-11,16H,6,13H2,1-3H3. The fourth-order valence-electron chi connectivity index (χ4n) is 2.24. The van der Waals surface area contributed by atoms with Gasteiger partial charge in [0.15, 0.2) is 0 Å². The van der Waals surface area contributed by atoms with Crippen molar-refractivity contribution in [2.45, 2.75) is 45.0 Å². The van der Waals surface area contributed by atoms with Crippen LogP contribution in [0.25, 0.3) is 0 Å². The Morgan fingerprint density at radius 1 is 1.16 bits per heavy atom. The van der Waals surface area contributed by atoms with Gasteiger partial charge in [0.1, 0.15) is 11.6 Å². The number of halogens is 3. The molecule has 1 atom stereocenters. The van der Waals surface area contributed by atoms with Gasteiger partial charge in [0.25, 0.3) is 0 Å². The van der Waals surface area contributed by atoms with E-state index in [1.54, 1.807) is 20.8 Å². The van der Waals surface area contributed by atoms with E-state index in [2.05, 4.69) is 11.8 Å². The van der Waals surface area contributed by atoms with E-state index >= 15 is 0 Å². The number of amides is 1. The molecule has 0 N–H and O–H groups in total. The topological polar surface area (TPSA) is 29.5 Å². The first kappa shape index (κ1) is 18.9. The molecular formula is C19H20F3NO2. The Morgan fingerprint density at radius 2 is 1.80 bits per heavy atom. The van der Waals surface area contributed by atoms with E-state index in [4.69, 9.17) is 4.74 Å². The van der Waals surface area contributed by atoms with E-state index in [9.17, 15) is 18.0 Å². The van der Waals surface area contributed by atoms with Crippen LogP contribution in [0.3, 0.4) is 0 Å². The van der Waals surface area contributed by atoms with E-state index in [0.717, 1.165) is 12.1 Å². The summed E-state index contributed by atoms with van der Waals surface area (Å²) in [6.45, 7) is 5.75. The second kappa shape index (κ2) is 7.22. The van der Waals surface area contributed by atoms with Gasteiger partial charge >= 0.3 is 12.3 Å². The Morgan fingerprint density at radius 3 is 2.36 bits per heavy atom. The van der Waals surface area contributed by atoms with E-state index in [-0.39, 0.29) is 6.04 Å². The molecule has 25 heavy (non-hydrogen) atoms. The van der Waals surface area contributed by atoms with E-state index in [1.807, 2.05) is 12.2 Å². The Balaban J connectivity index is 2.13. The summed E-state index contributed by atoms with van der Waals surface area (Å²) in [6.07, 6.45) is -0.489. The summed E-state index contributed by atoms with van der Waals surface area (Å²) < 4.78 is 43.1. The van der Waals surface area contributed by atoms with Crippen LogP contribution in [-0.2, 0) is 10.9 Å². The third kappa shape index (κ3) is 5.56. The summed E-state index contributed by atoms with van der Waals surface area (Å²) in [4.78, 5) is 13.8. The average Bonchev–Trinajstić information content (AvgIpc) is 2.51. The number of ether oxygens (including phenoxy) is 1. The predicted octanol–water partition coefficient (Wildman–Crippen LogP) is 4.62. The van der Waals surface area contributed by atoms with Crippen LogP contribution < -0.4 is 0 Å². The fourth-order valence-corrected chi connectivity index (χ4v) is 2.24. The zero-order valence-electron chi connectivity index (χ0n) is 14.4. The first-order valence-corrected chi connectivity index (χ1v) is 7.90. The second-order valence-electron chi connectivity index (χ2n) is 6.70. The Labute approximate surface area is 145 Å². The lowest BCUT2D eigenvalue weighted by atomic mass is 10.1. The van der Waals surface area contributed by atoms with Gasteiger partial charge in [-0.2, -0.15) is 13.2 Å². The molecule has 0 aromatic heterocycles. The third-order valence-corrected chi connectivity index (χ3v) is 3.43. The molecule has 1 aromatic carbocycles. The van der Waals surface area contributed by atoms with Crippen molar-refractivity contribution in [1.29, 1.82) is 0 Å². The largest absolute Gasteiger partial charge is 0.444 e. The smallest absolute Gasteiger partial charge is 0.416 e. The molecule has 3 nitrogen and oxygen atoms in total. The number of rotatable bonds is 0. The number of hydrogen-bond donors (Lipinski definition) is 0. The number of alkyl halides is 3. The SMILES string of the molecule is CC(C)(C)OC(=O)N1CC=CCC1C#Cc1ccc(C(F)(F)F)cc1. The monoisotopic (exact) mass is 351 g/mol. The maximum absolute atomic E-state index is 12.6. The summed E-state index contributed by atoms with van der Waals surface area (Å²) in [5.74, 6) is 5.80. The van der Waals surface area contributed by atoms with Crippen LogP contribution >= 0.6 is 0 Å². The van der Waals surface area contributed by atoms with Gasteiger partial charge in [0.2, 0.25) is 0 Å². The normalized spacial score (nSPS) is 17.7. The molecule has 1 aliphatic rings. The molecule has 134 valence electrons. The van der Waals surface area contributed by atoms with Gasteiger partial charge in [-0.25, -0.2) is 4.79 Å². The highest BCUT2D eigenvalue weighted by molar-refractivity contribution is 5.69. The zero-order chi connectivity index (χ0) is 18.7. The van der Waals surface area contributed by atoms with Crippen LogP contribution in [0.4, 0.5) is 18.0 Å². The number of benzene rings is 1. The average molecular weight is 351 g/mol. The van der Waals surface area contributed by atoms with Crippen molar-refractivity contribution in [1.82, 2.24) is 4.90 Å². The quantitative estimate of drug-likeness (QED) is 0.504. The third-order valence-electron chi connectivity index (χ3n) is 3.43.